The summed E-state index contributed by atoms with van der Waals surface area (Å²) in [6.45, 7) is 9.60. The first-order chi connectivity index (χ1) is 16.3. The van der Waals surface area contributed by atoms with Crippen LogP contribution in [0.2, 0.25) is 0 Å². The Kier molecular flexibility index (Phi) is 4.69. The van der Waals surface area contributed by atoms with Gasteiger partial charge in [0.1, 0.15) is 11.6 Å². The number of rotatable bonds is 5. The number of hydrogen-bond donors (Lipinski definition) is 2. The minimum Gasteiger partial charge on any atom is -0.383 e. The number of nitrogens with zero attached hydrogens (tertiary/aromatic N) is 5. The third-order valence-electron chi connectivity index (χ3n) is 8.34. The van der Waals surface area contributed by atoms with Crippen molar-refractivity contribution in [2.75, 3.05) is 23.7 Å². The van der Waals surface area contributed by atoms with E-state index < -0.39 is 0 Å². The van der Waals surface area contributed by atoms with E-state index in [0.717, 1.165) is 66.0 Å². The Morgan fingerprint density at radius 2 is 2.03 bits per heavy atom. The molecule has 176 valence electrons. The van der Waals surface area contributed by atoms with Crippen LogP contribution < -0.4 is 16.0 Å². The highest BCUT2D eigenvalue weighted by molar-refractivity contribution is 5.94. The van der Waals surface area contributed by atoms with E-state index in [1.54, 1.807) is 23.3 Å². The van der Waals surface area contributed by atoms with Gasteiger partial charge in [-0.3, -0.25) is 9.48 Å². The molecule has 3 aromatic rings. The molecule has 6 rings (SSSR count). The molecule has 0 radical (unpaired) electrons. The van der Waals surface area contributed by atoms with Crippen LogP contribution in [-0.2, 0) is 13.0 Å². The van der Waals surface area contributed by atoms with Gasteiger partial charge in [-0.25, -0.2) is 9.97 Å². The summed E-state index contributed by atoms with van der Waals surface area (Å²) in [5.74, 6) is 3.10. The Morgan fingerprint density at radius 3 is 2.79 bits per heavy atom. The molecule has 3 atom stereocenters. The highest BCUT2D eigenvalue weighted by Gasteiger charge is 2.62. The molecule has 4 heterocycles. The Bertz CT molecular complexity index is 1270. The number of aryl methyl sites for hydroxylation is 1. The summed E-state index contributed by atoms with van der Waals surface area (Å²) in [6, 6.07) is 6.16. The second-order valence-electron chi connectivity index (χ2n) is 10.6. The molecule has 8 nitrogen and oxygen atoms in total. The lowest BCUT2D eigenvalue weighted by Gasteiger charge is -2.23. The molecule has 1 amide bonds. The fourth-order valence-corrected chi connectivity index (χ4v) is 5.94. The van der Waals surface area contributed by atoms with Crippen molar-refractivity contribution in [2.45, 2.75) is 46.2 Å². The van der Waals surface area contributed by atoms with Gasteiger partial charge in [0, 0.05) is 31.2 Å². The smallest absolute Gasteiger partial charge is 0.254 e. The van der Waals surface area contributed by atoms with Crippen LogP contribution in [0.3, 0.4) is 0 Å². The van der Waals surface area contributed by atoms with Crippen LogP contribution in [0.4, 0.5) is 11.6 Å². The van der Waals surface area contributed by atoms with E-state index in [1.807, 2.05) is 6.07 Å². The van der Waals surface area contributed by atoms with Gasteiger partial charge in [-0.05, 0) is 65.8 Å². The Hall–Kier alpha value is -3.42. The zero-order chi connectivity index (χ0) is 23.6. The van der Waals surface area contributed by atoms with Crippen molar-refractivity contribution in [3.8, 4) is 0 Å². The summed E-state index contributed by atoms with van der Waals surface area (Å²) in [7, 11) is 0. The van der Waals surface area contributed by atoms with Crippen LogP contribution in [0.1, 0.15) is 59.1 Å². The van der Waals surface area contributed by atoms with E-state index in [0.29, 0.717) is 23.3 Å². The lowest BCUT2D eigenvalue weighted by Crippen LogP contribution is -2.27. The van der Waals surface area contributed by atoms with Gasteiger partial charge in [0.15, 0.2) is 0 Å². The number of nitrogen functional groups attached to an aromatic ring is 1. The van der Waals surface area contributed by atoms with E-state index in [-0.39, 0.29) is 11.9 Å². The van der Waals surface area contributed by atoms with E-state index in [9.17, 15) is 4.79 Å². The molecule has 1 saturated carbocycles. The number of fused-ring (bicyclic) bond motifs is 2. The number of nitrogens with two attached hydrogens (primary N) is 1. The van der Waals surface area contributed by atoms with Crippen LogP contribution in [0, 0.1) is 24.2 Å². The molecular formula is C26H31N7O. The first kappa shape index (κ1) is 21.1. The number of amides is 1. The average molecular weight is 458 g/mol. The van der Waals surface area contributed by atoms with Gasteiger partial charge in [-0.1, -0.05) is 19.9 Å². The van der Waals surface area contributed by atoms with Crippen LogP contribution in [0.15, 0.2) is 36.8 Å². The fourth-order valence-electron chi connectivity index (χ4n) is 5.94. The Labute approximate surface area is 199 Å². The number of pyridine rings is 2. The molecule has 8 heteroatoms. The van der Waals surface area contributed by atoms with Crippen molar-refractivity contribution in [1.82, 2.24) is 25.1 Å². The van der Waals surface area contributed by atoms with Gasteiger partial charge in [-0.2, -0.15) is 5.10 Å². The maximum Gasteiger partial charge on any atom is 0.254 e. The summed E-state index contributed by atoms with van der Waals surface area (Å²) >= 11 is 0. The number of nitrogens with one attached hydrogen (secondary N) is 1. The first-order valence-corrected chi connectivity index (χ1v) is 12.1. The molecule has 3 unspecified atom stereocenters. The largest absolute Gasteiger partial charge is 0.383 e. The highest BCUT2D eigenvalue weighted by Crippen LogP contribution is 2.62. The highest BCUT2D eigenvalue weighted by atomic mass is 16.1. The molecule has 34 heavy (non-hydrogen) atoms. The molecule has 2 fully saturated rings. The van der Waals surface area contributed by atoms with Gasteiger partial charge < -0.3 is 16.0 Å². The van der Waals surface area contributed by atoms with E-state index in [2.05, 4.69) is 53.2 Å². The molecule has 0 spiro atoms. The van der Waals surface area contributed by atoms with Crippen molar-refractivity contribution >= 4 is 17.5 Å². The molecule has 1 aliphatic heterocycles. The maximum absolute atomic E-state index is 12.9. The summed E-state index contributed by atoms with van der Waals surface area (Å²) in [5, 5.41) is 7.55. The second-order valence-corrected chi connectivity index (χ2v) is 10.6. The predicted octanol–water partition coefficient (Wildman–Crippen LogP) is 3.12. The third-order valence-corrected chi connectivity index (χ3v) is 8.34. The quantitative estimate of drug-likeness (QED) is 0.610. The second kappa shape index (κ2) is 7.55. The van der Waals surface area contributed by atoms with Crippen molar-refractivity contribution < 1.29 is 4.79 Å². The molecule has 0 aromatic carbocycles. The van der Waals surface area contributed by atoms with Gasteiger partial charge in [0.05, 0.1) is 24.3 Å². The average Bonchev–Trinajstić information content (AvgIpc) is 3.37. The van der Waals surface area contributed by atoms with Crippen LogP contribution in [-0.4, -0.2) is 38.7 Å². The zero-order valence-corrected chi connectivity index (χ0v) is 20.0. The minimum atomic E-state index is -0.125. The Morgan fingerprint density at radius 1 is 1.24 bits per heavy atom. The lowest BCUT2D eigenvalue weighted by atomic mass is 10.1. The lowest BCUT2D eigenvalue weighted by molar-refractivity contribution is 0.0936. The van der Waals surface area contributed by atoms with Crippen molar-refractivity contribution in [3.05, 3.63) is 64.7 Å². The fraction of sp³-hybridized carbons (Fsp3) is 0.462. The van der Waals surface area contributed by atoms with Crippen molar-refractivity contribution in [1.29, 1.82) is 0 Å². The SMILES string of the molecule is Cc1nc(N2CC3C(C2)C3(C)C)ccc1Cn1cc(C(=O)NC2CCc3c2ccnc3N)cn1. The summed E-state index contributed by atoms with van der Waals surface area (Å²) < 4.78 is 1.80. The van der Waals surface area contributed by atoms with Crippen molar-refractivity contribution in [3.63, 3.8) is 0 Å². The summed E-state index contributed by atoms with van der Waals surface area (Å²) in [5.41, 5.74) is 11.3. The number of piperidine rings is 1. The summed E-state index contributed by atoms with van der Waals surface area (Å²) in [6.07, 6.45) is 6.79. The van der Waals surface area contributed by atoms with E-state index in [4.69, 9.17) is 10.7 Å². The van der Waals surface area contributed by atoms with Gasteiger partial charge >= 0.3 is 0 Å². The number of aromatic nitrogens is 4. The predicted molar refractivity (Wildman–Crippen MR) is 130 cm³/mol. The van der Waals surface area contributed by atoms with Gasteiger partial charge in [-0.15, -0.1) is 0 Å². The first-order valence-electron chi connectivity index (χ1n) is 12.1. The molecular weight excluding hydrogens is 426 g/mol. The van der Waals surface area contributed by atoms with Gasteiger partial charge in [0.25, 0.3) is 5.91 Å². The Balaban J connectivity index is 1.10. The number of carbonyl (C=O) groups excluding carboxylic acids is 1. The van der Waals surface area contributed by atoms with Crippen LogP contribution in [0.25, 0.3) is 0 Å². The topological polar surface area (TPSA) is 102 Å². The standard InChI is InChI=1S/C26H31N7O/c1-15-16(4-7-23(30-15)32-13-20-21(14-32)26(20,2)3)11-33-12-17(10-29-33)25(34)31-22-6-5-19-18(22)8-9-28-24(19)27/h4,7-10,12,20-22H,5-6,11,13-14H2,1-3H3,(H2,27,28)(H,31,34). The molecule has 2 aliphatic carbocycles. The maximum atomic E-state index is 12.9. The third kappa shape index (κ3) is 3.43. The van der Waals surface area contributed by atoms with Crippen molar-refractivity contribution in [2.24, 2.45) is 17.3 Å². The van der Waals surface area contributed by atoms with Crippen LogP contribution in [0.5, 0.6) is 0 Å². The summed E-state index contributed by atoms with van der Waals surface area (Å²) in [4.78, 5) is 24.3. The normalized spacial score (nSPS) is 24.1. The molecule has 3 aliphatic rings. The number of anilines is 2. The number of carbonyl (C=O) groups is 1. The number of hydrogen-bond acceptors (Lipinski definition) is 6. The molecule has 3 aromatic heterocycles. The molecule has 3 N–H and O–H groups in total. The minimum absolute atomic E-state index is 0.0441. The van der Waals surface area contributed by atoms with Gasteiger partial charge in [0.2, 0.25) is 0 Å². The molecule has 1 saturated heterocycles. The zero-order valence-electron chi connectivity index (χ0n) is 20.0. The van der Waals surface area contributed by atoms with E-state index in [1.165, 1.54) is 0 Å². The monoisotopic (exact) mass is 457 g/mol. The molecule has 0 bridgehead atoms. The van der Waals surface area contributed by atoms with Crippen LogP contribution >= 0.6 is 0 Å². The van der Waals surface area contributed by atoms with E-state index >= 15 is 0 Å².